The molecule has 1 aromatic carbocycles. The summed E-state index contributed by atoms with van der Waals surface area (Å²) in [4.78, 5) is 27.5. The number of thiocarbonyl (C=S) groups is 1. The quantitative estimate of drug-likeness (QED) is 0.305. The van der Waals surface area contributed by atoms with Gasteiger partial charge >= 0.3 is 11.9 Å². The van der Waals surface area contributed by atoms with Crippen LogP contribution in [0, 0.1) is 12.3 Å². The normalized spacial score (nSPS) is 19.9. The number of ether oxygens (including phenoxy) is 3. The van der Waals surface area contributed by atoms with Crippen molar-refractivity contribution in [1.29, 1.82) is 0 Å². The van der Waals surface area contributed by atoms with Crippen LogP contribution in [0.4, 0.5) is 13.2 Å². The van der Waals surface area contributed by atoms with Gasteiger partial charge in [-0.1, -0.05) is 5.92 Å². The number of H-pyrrole nitrogens is 1. The number of benzene rings is 1. The number of terminal acetylenes is 1. The summed E-state index contributed by atoms with van der Waals surface area (Å²) in [5.74, 6) is 2.32. The summed E-state index contributed by atoms with van der Waals surface area (Å²) in [5.41, 5.74) is -3.37. The number of nitrogens with zero attached hydrogens (tertiary/aromatic N) is 1. The Morgan fingerprint density at radius 1 is 1.34 bits per heavy atom. The lowest BCUT2D eigenvalue weighted by molar-refractivity contribution is -0.139. The number of alkyl halides is 3. The zero-order chi connectivity index (χ0) is 25.8. The molecule has 1 aromatic heterocycles. The number of hydrogen-bond donors (Lipinski definition) is 1. The van der Waals surface area contributed by atoms with Crippen LogP contribution in [0.2, 0.25) is 0 Å². The van der Waals surface area contributed by atoms with Crippen molar-refractivity contribution in [1.82, 2.24) is 9.55 Å². The summed E-state index contributed by atoms with van der Waals surface area (Å²) in [5, 5.41) is 0.213. The van der Waals surface area contributed by atoms with Gasteiger partial charge in [0, 0.05) is 28.0 Å². The number of halogens is 3. The number of nitrogens with one attached hydrogen (secondary N) is 1. The predicted octanol–water partition coefficient (Wildman–Crippen LogP) is 3.70. The summed E-state index contributed by atoms with van der Waals surface area (Å²) < 4.78 is 57.4. The van der Waals surface area contributed by atoms with Gasteiger partial charge in [0.05, 0.1) is 6.10 Å². The topological polar surface area (TPSA) is 82.6 Å². The second-order valence-corrected chi connectivity index (χ2v) is 9.39. The summed E-state index contributed by atoms with van der Waals surface area (Å²) >= 11 is 8.54. The van der Waals surface area contributed by atoms with Gasteiger partial charge < -0.3 is 14.2 Å². The van der Waals surface area contributed by atoms with Crippen LogP contribution in [0.1, 0.15) is 23.8 Å². The molecule has 1 aliphatic rings. The van der Waals surface area contributed by atoms with Crippen molar-refractivity contribution in [3.63, 3.8) is 0 Å². The fraction of sp³-hybridized carbons (Fsp3) is 0.409. The Kier molecular flexibility index (Phi) is 9.11. The first-order valence-electron chi connectivity index (χ1n) is 10.1. The van der Waals surface area contributed by atoms with Gasteiger partial charge in [-0.3, -0.25) is 14.3 Å². The highest BCUT2D eigenvalue weighted by atomic mass is 32.2. The molecule has 0 spiro atoms. The fourth-order valence-corrected chi connectivity index (χ4v) is 4.91. The molecule has 0 amide bonds. The van der Waals surface area contributed by atoms with Crippen molar-refractivity contribution in [3.05, 3.63) is 56.4 Å². The van der Waals surface area contributed by atoms with Crippen molar-refractivity contribution in [2.45, 2.75) is 40.8 Å². The van der Waals surface area contributed by atoms with Gasteiger partial charge in [0.2, 0.25) is 0 Å². The van der Waals surface area contributed by atoms with E-state index in [2.05, 4.69) is 5.92 Å². The highest BCUT2D eigenvalue weighted by Gasteiger charge is 2.40. The Morgan fingerprint density at radius 3 is 2.71 bits per heavy atom. The molecule has 0 radical (unpaired) electrons. The van der Waals surface area contributed by atoms with Crippen molar-refractivity contribution in [3.8, 4) is 12.3 Å². The SMILES string of the molecule is C#CCO[C@H]1C[C@H](n2cc(C(F)(F)F)c(=O)[nH]c2=O)O[C@@H]1COC(=S)c1ccc(SC)cc1SC. The Balaban J connectivity index is 1.80. The van der Waals surface area contributed by atoms with Crippen LogP contribution in [-0.4, -0.2) is 52.5 Å². The van der Waals surface area contributed by atoms with Gasteiger partial charge in [-0.2, -0.15) is 13.2 Å². The van der Waals surface area contributed by atoms with E-state index in [4.69, 9.17) is 32.9 Å². The minimum atomic E-state index is -4.95. The van der Waals surface area contributed by atoms with Crippen LogP contribution >= 0.6 is 35.7 Å². The molecule has 2 heterocycles. The molecule has 2 aromatic rings. The first-order valence-corrected chi connectivity index (χ1v) is 13.0. The molecule has 35 heavy (non-hydrogen) atoms. The van der Waals surface area contributed by atoms with Crippen molar-refractivity contribution < 1.29 is 27.4 Å². The summed E-state index contributed by atoms with van der Waals surface area (Å²) in [6, 6.07) is 5.75. The monoisotopic (exact) mass is 546 g/mol. The van der Waals surface area contributed by atoms with Gasteiger partial charge in [-0.05, 0) is 42.9 Å². The Labute approximate surface area is 212 Å². The average molecular weight is 547 g/mol. The molecule has 0 aliphatic carbocycles. The van der Waals surface area contributed by atoms with Crippen LogP contribution in [0.3, 0.4) is 0 Å². The molecule has 7 nitrogen and oxygen atoms in total. The second kappa shape index (κ2) is 11.7. The Morgan fingerprint density at radius 2 is 2.09 bits per heavy atom. The second-order valence-electron chi connectivity index (χ2n) is 7.29. The van der Waals surface area contributed by atoms with E-state index in [0.717, 1.165) is 9.79 Å². The Bertz CT molecular complexity index is 1240. The van der Waals surface area contributed by atoms with Gasteiger partial charge in [0.25, 0.3) is 5.56 Å². The van der Waals surface area contributed by atoms with E-state index < -0.39 is 41.4 Å². The highest BCUT2D eigenvalue weighted by Crippen LogP contribution is 2.33. The van der Waals surface area contributed by atoms with Crippen LogP contribution in [-0.2, 0) is 20.4 Å². The smallest absolute Gasteiger partial charge is 0.423 e. The molecule has 0 saturated carbocycles. The summed E-state index contributed by atoms with van der Waals surface area (Å²) in [6.07, 6.45) is 2.02. The third-order valence-corrected chi connectivity index (χ3v) is 6.99. The first kappa shape index (κ1) is 27.3. The van der Waals surface area contributed by atoms with E-state index in [9.17, 15) is 22.8 Å². The van der Waals surface area contributed by atoms with E-state index in [1.807, 2.05) is 30.7 Å². The standard InChI is InChI=1S/C22H21F3N2O5S3/c1-4-7-30-15-9-18(27-10-14(22(23,24)25)19(28)26-21(27)29)32-16(15)11-31-20(33)13-6-5-12(34-2)8-17(13)35-3/h1,5-6,8,10,15-16,18H,7,9,11H2,2-3H3,(H,26,28,29)/t15-,16+,18+/m0/s1. The molecule has 3 atom stereocenters. The molecular weight excluding hydrogens is 525 g/mol. The number of hydrogen-bond acceptors (Lipinski definition) is 8. The van der Waals surface area contributed by atoms with Crippen LogP contribution in [0.5, 0.6) is 0 Å². The third-order valence-electron chi connectivity index (χ3n) is 5.15. The zero-order valence-corrected chi connectivity index (χ0v) is 21.0. The maximum absolute atomic E-state index is 13.2. The minimum Gasteiger partial charge on any atom is -0.480 e. The van der Waals surface area contributed by atoms with Gasteiger partial charge in [0.15, 0.2) is 5.05 Å². The van der Waals surface area contributed by atoms with Crippen molar-refractivity contribution >= 4 is 40.8 Å². The van der Waals surface area contributed by atoms with Crippen LogP contribution in [0.25, 0.3) is 0 Å². The number of rotatable bonds is 8. The molecule has 0 bridgehead atoms. The van der Waals surface area contributed by atoms with Crippen molar-refractivity contribution in [2.75, 3.05) is 25.7 Å². The highest BCUT2D eigenvalue weighted by molar-refractivity contribution is 7.99. The van der Waals surface area contributed by atoms with Gasteiger partial charge in [-0.25, -0.2) is 4.79 Å². The maximum Gasteiger partial charge on any atom is 0.423 e. The van der Waals surface area contributed by atoms with E-state index in [-0.39, 0.29) is 24.7 Å². The first-order chi connectivity index (χ1) is 16.6. The summed E-state index contributed by atoms with van der Waals surface area (Å²) in [7, 11) is 0. The molecule has 1 aliphatic heterocycles. The van der Waals surface area contributed by atoms with E-state index in [1.54, 1.807) is 16.7 Å². The molecule has 188 valence electrons. The van der Waals surface area contributed by atoms with Crippen LogP contribution in [0.15, 0.2) is 43.8 Å². The lowest BCUT2D eigenvalue weighted by Crippen LogP contribution is -2.36. The molecule has 13 heteroatoms. The lowest BCUT2D eigenvalue weighted by atomic mass is 10.2. The van der Waals surface area contributed by atoms with E-state index in [0.29, 0.717) is 16.3 Å². The number of thioether (sulfide) groups is 2. The van der Waals surface area contributed by atoms with E-state index >= 15 is 0 Å². The fourth-order valence-electron chi connectivity index (χ4n) is 3.46. The predicted molar refractivity (Wildman–Crippen MR) is 131 cm³/mol. The lowest BCUT2D eigenvalue weighted by Gasteiger charge is -2.20. The van der Waals surface area contributed by atoms with E-state index in [1.165, 1.54) is 11.8 Å². The molecule has 1 fully saturated rings. The van der Waals surface area contributed by atoms with Crippen molar-refractivity contribution in [2.24, 2.45) is 0 Å². The molecule has 1 saturated heterocycles. The Hall–Kier alpha value is -2.24. The van der Waals surface area contributed by atoms with Crippen LogP contribution < -0.4 is 11.2 Å². The maximum atomic E-state index is 13.2. The van der Waals surface area contributed by atoms with Gasteiger partial charge in [-0.15, -0.1) is 29.9 Å². The number of aromatic nitrogens is 2. The summed E-state index contributed by atoms with van der Waals surface area (Å²) in [6.45, 7) is -0.171. The molecule has 3 rings (SSSR count). The third kappa shape index (κ3) is 6.50. The molecule has 1 N–H and O–H groups in total. The molecular formula is C22H21F3N2O5S3. The van der Waals surface area contributed by atoms with Gasteiger partial charge in [0.1, 0.15) is 31.1 Å². The number of aromatic amines is 1. The zero-order valence-electron chi connectivity index (χ0n) is 18.6. The average Bonchev–Trinajstić information content (AvgIpc) is 3.22. The minimum absolute atomic E-state index is 0.00416. The largest absolute Gasteiger partial charge is 0.480 e. The molecule has 0 unspecified atom stereocenters.